The van der Waals surface area contributed by atoms with Gasteiger partial charge in [-0.15, -0.1) is 0 Å². The fraction of sp³-hybridized carbons (Fsp3) is 0.267. The summed E-state index contributed by atoms with van der Waals surface area (Å²) in [5.41, 5.74) is 2.81. The van der Waals surface area contributed by atoms with Crippen molar-refractivity contribution in [3.8, 4) is 0 Å². The Morgan fingerprint density at radius 2 is 2.16 bits per heavy atom. The molecular weight excluding hydrogens is 243 g/mol. The predicted octanol–water partition coefficient (Wildman–Crippen LogP) is 2.97. The summed E-state index contributed by atoms with van der Waals surface area (Å²) in [6.07, 6.45) is 2.04. The first-order valence-corrected chi connectivity index (χ1v) is 6.35. The molecule has 0 unspecified atom stereocenters. The van der Waals surface area contributed by atoms with Crippen molar-refractivity contribution >= 4 is 11.5 Å². The molecule has 19 heavy (non-hydrogen) atoms. The van der Waals surface area contributed by atoms with Crippen molar-refractivity contribution in [3.63, 3.8) is 0 Å². The standard InChI is InChI=1S/C15H15FN2O/c1-10(19)12-3-5-15(17-9-12)18-7-6-11-2-4-13(16)8-14(11)18/h2-5,8-10,19H,6-7H2,1H3/t10-/m0/s1. The van der Waals surface area contributed by atoms with Crippen molar-refractivity contribution in [3.05, 3.63) is 53.5 Å². The van der Waals surface area contributed by atoms with E-state index in [0.717, 1.165) is 35.6 Å². The molecule has 0 radical (unpaired) electrons. The number of aliphatic hydroxyl groups is 1. The Morgan fingerprint density at radius 3 is 2.84 bits per heavy atom. The Bertz CT molecular complexity index is 596. The minimum atomic E-state index is -0.523. The number of aromatic nitrogens is 1. The van der Waals surface area contributed by atoms with Crippen LogP contribution < -0.4 is 4.90 Å². The summed E-state index contributed by atoms with van der Waals surface area (Å²) in [6, 6.07) is 8.58. The summed E-state index contributed by atoms with van der Waals surface area (Å²) < 4.78 is 13.3. The van der Waals surface area contributed by atoms with E-state index in [-0.39, 0.29) is 5.82 Å². The molecule has 1 aromatic heterocycles. The number of rotatable bonds is 2. The van der Waals surface area contributed by atoms with Gasteiger partial charge in [0.15, 0.2) is 0 Å². The summed E-state index contributed by atoms with van der Waals surface area (Å²) in [5.74, 6) is 0.556. The van der Waals surface area contributed by atoms with Gasteiger partial charge in [0.1, 0.15) is 11.6 Å². The zero-order valence-electron chi connectivity index (χ0n) is 10.7. The average Bonchev–Trinajstić information content (AvgIpc) is 2.81. The van der Waals surface area contributed by atoms with E-state index < -0.39 is 6.10 Å². The molecule has 0 amide bonds. The molecule has 0 bridgehead atoms. The summed E-state index contributed by atoms with van der Waals surface area (Å²) >= 11 is 0. The van der Waals surface area contributed by atoms with E-state index in [0.29, 0.717) is 0 Å². The van der Waals surface area contributed by atoms with Gasteiger partial charge in [-0.25, -0.2) is 9.37 Å². The molecule has 2 aromatic rings. The zero-order chi connectivity index (χ0) is 13.4. The van der Waals surface area contributed by atoms with Crippen LogP contribution in [0.2, 0.25) is 0 Å². The molecule has 0 fully saturated rings. The largest absolute Gasteiger partial charge is 0.389 e. The van der Waals surface area contributed by atoms with Crippen LogP contribution in [-0.4, -0.2) is 16.6 Å². The molecule has 0 saturated heterocycles. The molecule has 1 aliphatic rings. The van der Waals surface area contributed by atoms with Gasteiger partial charge in [0.05, 0.1) is 6.10 Å². The smallest absolute Gasteiger partial charge is 0.132 e. The number of hydrogen-bond donors (Lipinski definition) is 1. The number of benzene rings is 1. The minimum absolute atomic E-state index is 0.230. The molecule has 0 aliphatic carbocycles. The zero-order valence-corrected chi connectivity index (χ0v) is 10.7. The molecule has 1 aromatic carbocycles. The lowest BCUT2D eigenvalue weighted by Crippen LogP contribution is -2.15. The molecule has 4 heteroatoms. The lowest BCUT2D eigenvalue weighted by Gasteiger charge is -2.18. The normalized spacial score (nSPS) is 15.4. The van der Waals surface area contributed by atoms with Gasteiger partial charge in [0.2, 0.25) is 0 Å². The van der Waals surface area contributed by atoms with Crippen molar-refractivity contribution in [1.29, 1.82) is 0 Å². The quantitative estimate of drug-likeness (QED) is 0.899. The highest BCUT2D eigenvalue weighted by Crippen LogP contribution is 2.34. The molecular formula is C15H15FN2O. The SMILES string of the molecule is C[C@H](O)c1ccc(N2CCc3ccc(F)cc32)nc1. The summed E-state index contributed by atoms with van der Waals surface area (Å²) in [5, 5.41) is 9.47. The predicted molar refractivity (Wildman–Crippen MR) is 72.0 cm³/mol. The third-order valence-electron chi connectivity index (χ3n) is 3.47. The number of hydrogen-bond acceptors (Lipinski definition) is 3. The molecule has 3 nitrogen and oxygen atoms in total. The maximum Gasteiger partial charge on any atom is 0.132 e. The van der Waals surface area contributed by atoms with Gasteiger partial charge in [0.25, 0.3) is 0 Å². The molecule has 1 aliphatic heterocycles. The maximum atomic E-state index is 13.3. The van der Waals surface area contributed by atoms with Gasteiger partial charge in [-0.2, -0.15) is 0 Å². The lowest BCUT2D eigenvalue weighted by molar-refractivity contribution is 0.199. The van der Waals surface area contributed by atoms with Crippen LogP contribution in [0, 0.1) is 5.82 Å². The van der Waals surface area contributed by atoms with Gasteiger partial charge in [-0.05, 0) is 42.7 Å². The van der Waals surface area contributed by atoms with E-state index in [4.69, 9.17) is 0 Å². The number of anilines is 2. The molecule has 98 valence electrons. The summed E-state index contributed by atoms with van der Waals surface area (Å²) in [6.45, 7) is 2.51. The van der Waals surface area contributed by atoms with Gasteiger partial charge in [0, 0.05) is 18.4 Å². The average molecular weight is 258 g/mol. The van der Waals surface area contributed by atoms with Crippen molar-refractivity contribution < 1.29 is 9.50 Å². The number of halogens is 1. The second-order valence-corrected chi connectivity index (χ2v) is 4.80. The third kappa shape index (κ3) is 2.19. The van der Waals surface area contributed by atoms with Crippen LogP contribution in [0.25, 0.3) is 0 Å². The van der Waals surface area contributed by atoms with E-state index in [9.17, 15) is 9.50 Å². The van der Waals surface area contributed by atoms with Crippen molar-refractivity contribution in [2.24, 2.45) is 0 Å². The van der Waals surface area contributed by atoms with Gasteiger partial charge < -0.3 is 10.0 Å². The second kappa shape index (κ2) is 4.63. The molecule has 2 heterocycles. The molecule has 3 rings (SSSR count). The summed E-state index contributed by atoms with van der Waals surface area (Å²) in [7, 11) is 0. The Labute approximate surface area is 111 Å². The Kier molecular flexibility index (Phi) is 2.95. The topological polar surface area (TPSA) is 36.4 Å². The van der Waals surface area contributed by atoms with Crippen molar-refractivity contribution in [2.75, 3.05) is 11.4 Å². The van der Waals surface area contributed by atoms with E-state index in [1.54, 1.807) is 19.2 Å². The lowest BCUT2D eigenvalue weighted by atomic mass is 10.1. The Balaban J connectivity index is 1.95. The first kappa shape index (κ1) is 12.1. The van der Waals surface area contributed by atoms with Crippen LogP contribution in [0.4, 0.5) is 15.9 Å². The molecule has 0 saturated carbocycles. The molecule has 1 atom stereocenters. The second-order valence-electron chi connectivity index (χ2n) is 4.80. The number of nitrogens with zero attached hydrogens (tertiary/aromatic N) is 2. The van der Waals surface area contributed by atoms with Crippen LogP contribution in [-0.2, 0) is 6.42 Å². The first-order chi connectivity index (χ1) is 9.15. The van der Waals surface area contributed by atoms with E-state index >= 15 is 0 Å². The van der Waals surface area contributed by atoms with E-state index in [1.807, 2.05) is 23.1 Å². The fourth-order valence-corrected chi connectivity index (χ4v) is 2.39. The number of fused-ring (bicyclic) bond motifs is 1. The highest BCUT2D eigenvalue weighted by molar-refractivity contribution is 5.67. The van der Waals surface area contributed by atoms with Crippen molar-refractivity contribution in [1.82, 2.24) is 4.98 Å². The first-order valence-electron chi connectivity index (χ1n) is 6.35. The van der Waals surface area contributed by atoms with Gasteiger partial charge >= 0.3 is 0 Å². The minimum Gasteiger partial charge on any atom is -0.389 e. The van der Waals surface area contributed by atoms with Gasteiger partial charge in [-0.1, -0.05) is 12.1 Å². The van der Waals surface area contributed by atoms with Crippen LogP contribution in [0.5, 0.6) is 0 Å². The van der Waals surface area contributed by atoms with Crippen LogP contribution in [0.1, 0.15) is 24.2 Å². The highest BCUT2D eigenvalue weighted by Gasteiger charge is 2.21. The van der Waals surface area contributed by atoms with Crippen LogP contribution in [0.15, 0.2) is 36.5 Å². The van der Waals surface area contributed by atoms with Crippen LogP contribution in [0.3, 0.4) is 0 Å². The summed E-state index contributed by atoms with van der Waals surface area (Å²) in [4.78, 5) is 6.36. The Hall–Kier alpha value is -1.94. The monoisotopic (exact) mass is 258 g/mol. The van der Waals surface area contributed by atoms with Gasteiger partial charge in [-0.3, -0.25) is 0 Å². The van der Waals surface area contributed by atoms with E-state index in [1.165, 1.54) is 6.07 Å². The Morgan fingerprint density at radius 1 is 1.32 bits per heavy atom. The fourth-order valence-electron chi connectivity index (χ4n) is 2.39. The molecule has 0 spiro atoms. The number of aliphatic hydroxyl groups excluding tert-OH is 1. The van der Waals surface area contributed by atoms with E-state index in [2.05, 4.69) is 4.98 Å². The maximum absolute atomic E-state index is 13.3. The third-order valence-corrected chi connectivity index (χ3v) is 3.47. The van der Waals surface area contributed by atoms with Crippen molar-refractivity contribution in [2.45, 2.75) is 19.4 Å². The number of pyridine rings is 1. The molecule has 1 N–H and O–H groups in total. The highest BCUT2D eigenvalue weighted by atomic mass is 19.1. The van der Waals surface area contributed by atoms with Crippen LogP contribution >= 0.6 is 0 Å².